The first kappa shape index (κ1) is 19.0. The van der Waals surface area contributed by atoms with Gasteiger partial charge in [-0.3, -0.25) is 0 Å². The molecule has 2 rings (SSSR count). The first-order valence-electron chi connectivity index (χ1n) is 9.08. The van der Waals surface area contributed by atoms with Crippen LogP contribution in [0.1, 0.15) is 36.5 Å². The quantitative estimate of drug-likeness (QED) is 0.602. The molecule has 2 aromatic carbocycles. The van der Waals surface area contributed by atoms with E-state index in [9.17, 15) is 4.79 Å². The molecule has 4 nitrogen and oxygen atoms in total. The molecule has 0 atom stereocenters. The average molecular weight is 339 g/mol. The van der Waals surface area contributed by atoms with Crippen LogP contribution < -0.4 is 16.0 Å². The van der Waals surface area contributed by atoms with Gasteiger partial charge in [0, 0.05) is 19.3 Å². The zero-order valence-corrected chi connectivity index (χ0v) is 15.3. The molecular weight excluding hydrogens is 310 g/mol. The zero-order chi connectivity index (χ0) is 17.9. The largest absolute Gasteiger partial charge is 0.341 e. The summed E-state index contributed by atoms with van der Waals surface area (Å²) in [5.74, 6) is 0. The highest BCUT2D eigenvalue weighted by Gasteiger charge is 2.02. The first-order chi connectivity index (χ1) is 12.2. The van der Waals surface area contributed by atoms with Gasteiger partial charge in [-0.2, -0.15) is 0 Å². The van der Waals surface area contributed by atoms with Crippen molar-refractivity contribution < 1.29 is 4.79 Å². The number of carbonyl (C=O) groups excluding carboxylic acids is 1. The lowest BCUT2D eigenvalue weighted by molar-refractivity contribution is 0.254. The maximum Gasteiger partial charge on any atom is 0.318 e. The van der Waals surface area contributed by atoms with Crippen LogP contribution in [-0.2, 0) is 19.4 Å². The monoisotopic (exact) mass is 339 g/mol. The van der Waals surface area contributed by atoms with Crippen molar-refractivity contribution >= 4 is 11.7 Å². The Morgan fingerprint density at radius 3 is 2.56 bits per heavy atom. The smallest absolute Gasteiger partial charge is 0.318 e. The summed E-state index contributed by atoms with van der Waals surface area (Å²) in [5, 5.41) is 8.90. The molecule has 2 amide bonds. The maximum absolute atomic E-state index is 11.4. The second-order valence-electron chi connectivity index (χ2n) is 6.20. The summed E-state index contributed by atoms with van der Waals surface area (Å²) in [4.78, 5) is 11.4. The van der Waals surface area contributed by atoms with Crippen molar-refractivity contribution in [2.24, 2.45) is 0 Å². The summed E-state index contributed by atoms with van der Waals surface area (Å²) >= 11 is 0. The fraction of sp³-hybridized carbons (Fsp3) is 0.381. The molecule has 0 bridgehead atoms. The van der Waals surface area contributed by atoms with Crippen LogP contribution in [0.25, 0.3) is 0 Å². The van der Waals surface area contributed by atoms with Gasteiger partial charge in [-0.25, -0.2) is 4.79 Å². The third kappa shape index (κ3) is 6.59. The van der Waals surface area contributed by atoms with Crippen molar-refractivity contribution in [2.75, 3.05) is 18.9 Å². The van der Waals surface area contributed by atoms with Gasteiger partial charge < -0.3 is 16.0 Å². The fourth-order valence-electron chi connectivity index (χ4n) is 2.80. The summed E-state index contributed by atoms with van der Waals surface area (Å²) in [7, 11) is 1.61. The van der Waals surface area contributed by atoms with Crippen LogP contribution in [0.4, 0.5) is 10.5 Å². The molecule has 0 aliphatic carbocycles. The van der Waals surface area contributed by atoms with Gasteiger partial charge in [0.1, 0.15) is 0 Å². The zero-order valence-electron chi connectivity index (χ0n) is 15.3. The molecule has 0 saturated heterocycles. The number of carbonyl (C=O) groups is 1. The van der Waals surface area contributed by atoms with Gasteiger partial charge >= 0.3 is 6.03 Å². The average Bonchev–Trinajstić information content (AvgIpc) is 2.64. The highest BCUT2D eigenvalue weighted by Crippen LogP contribution is 2.13. The molecule has 3 N–H and O–H groups in total. The molecular formula is C21H29N3O. The van der Waals surface area contributed by atoms with Gasteiger partial charge in [0.05, 0.1) is 0 Å². The maximum atomic E-state index is 11.4. The highest BCUT2D eigenvalue weighted by molar-refractivity contribution is 5.89. The van der Waals surface area contributed by atoms with E-state index in [4.69, 9.17) is 0 Å². The molecule has 25 heavy (non-hydrogen) atoms. The van der Waals surface area contributed by atoms with E-state index in [-0.39, 0.29) is 6.03 Å². The Bertz CT molecular complexity index is 670. The Kier molecular flexibility index (Phi) is 7.99. The second kappa shape index (κ2) is 10.5. The highest BCUT2D eigenvalue weighted by atomic mass is 16.2. The number of nitrogens with one attached hydrogen (secondary N) is 3. The molecule has 0 aliphatic rings. The molecule has 0 radical (unpaired) electrons. The Labute approximate surface area is 151 Å². The van der Waals surface area contributed by atoms with Crippen LogP contribution in [0.5, 0.6) is 0 Å². The van der Waals surface area contributed by atoms with E-state index in [1.165, 1.54) is 29.5 Å². The molecule has 4 heteroatoms. The van der Waals surface area contributed by atoms with Gasteiger partial charge in [0.15, 0.2) is 0 Å². The number of urea groups is 1. The number of benzene rings is 2. The molecule has 2 aromatic rings. The number of amides is 2. The summed E-state index contributed by atoms with van der Waals surface area (Å²) in [6.45, 7) is 4.04. The third-order valence-electron chi connectivity index (χ3n) is 4.24. The molecule has 0 aliphatic heterocycles. The Hall–Kier alpha value is -2.33. The predicted octanol–water partition coefficient (Wildman–Crippen LogP) is 4.11. The topological polar surface area (TPSA) is 53.2 Å². The second-order valence-corrected chi connectivity index (χ2v) is 6.20. The van der Waals surface area contributed by atoms with Crippen LogP contribution in [0.15, 0.2) is 48.5 Å². The number of hydrogen-bond acceptors (Lipinski definition) is 2. The summed E-state index contributed by atoms with van der Waals surface area (Å²) in [5.41, 5.74) is 4.88. The van der Waals surface area contributed by atoms with Crippen LogP contribution in [0.3, 0.4) is 0 Å². The molecule has 0 aromatic heterocycles. The van der Waals surface area contributed by atoms with E-state index in [1.54, 1.807) is 7.05 Å². The van der Waals surface area contributed by atoms with Gasteiger partial charge in [-0.05, 0) is 54.6 Å². The Morgan fingerprint density at radius 1 is 1.00 bits per heavy atom. The standard InChI is InChI=1S/C21H29N3O/c1-3-4-9-18-10-5-6-11-19(18)16-23-14-13-17-8-7-12-20(15-17)24-21(25)22-2/h5-8,10-12,15,23H,3-4,9,13-14,16H2,1-2H3,(H2,22,24,25). The number of unbranched alkanes of at least 4 members (excludes halogenated alkanes) is 1. The lowest BCUT2D eigenvalue weighted by atomic mass is 10.0. The number of rotatable bonds is 9. The van der Waals surface area contributed by atoms with Crippen molar-refractivity contribution in [1.29, 1.82) is 0 Å². The lowest BCUT2D eigenvalue weighted by Crippen LogP contribution is -2.24. The minimum absolute atomic E-state index is 0.195. The molecule has 0 spiro atoms. The van der Waals surface area contributed by atoms with E-state index >= 15 is 0 Å². The Morgan fingerprint density at radius 2 is 1.80 bits per heavy atom. The molecule has 0 heterocycles. The van der Waals surface area contributed by atoms with Gasteiger partial charge in [0.2, 0.25) is 0 Å². The fourth-order valence-corrected chi connectivity index (χ4v) is 2.80. The van der Waals surface area contributed by atoms with Crippen molar-refractivity contribution in [1.82, 2.24) is 10.6 Å². The van der Waals surface area contributed by atoms with Gasteiger partial charge in [-0.1, -0.05) is 49.7 Å². The first-order valence-corrected chi connectivity index (χ1v) is 9.08. The SMILES string of the molecule is CCCCc1ccccc1CNCCc1cccc(NC(=O)NC)c1. The molecule has 134 valence electrons. The van der Waals surface area contributed by atoms with Crippen molar-refractivity contribution in [3.05, 3.63) is 65.2 Å². The van der Waals surface area contributed by atoms with Crippen molar-refractivity contribution in [2.45, 2.75) is 39.2 Å². The summed E-state index contributed by atoms with van der Waals surface area (Å²) in [6, 6.07) is 16.5. The van der Waals surface area contributed by atoms with E-state index in [0.29, 0.717) is 0 Å². The van der Waals surface area contributed by atoms with Crippen LogP contribution in [0, 0.1) is 0 Å². The third-order valence-corrected chi connectivity index (χ3v) is 4.24. The summed E-state index contributed by atoms with van der Waals surface area (Å²) < 4.78 is 0. The number of hydrogen-bond donors (Lipinski definition) is 3. The minimum atomic E-state index is -0.195. The summed E-state index contributed by atoms with van der Waals surface area (Å²) in [6.07, 6.45) is 4.55. The van der Waals surface area contributed by atoms with Crippen LogP contribution in [-0.4, -0.2) is 19.6 Å². The van der Waals surface area contributed by atoms with Crippen LogP contribution in [0.2, 0.25) is 0 Å². The van der Waals surface area contributed by atoms with Crippen molar-refractivity contribution in [3.63, 3.8) is 0 Å². The minimum Gasteiger partial charge on any atom is -0.341 e. The number of aryl methyl sites for hydroxylation is 1. The molecule has 0 fully saturated rings. The van der Waals surface area contributed by atoms with Crippen molar-refractivity contribution in [3.8, 4) is 0 Å². The Balaban J connectivity index is 1.81. The van der Waals surface area contributed by atoms with E-state index in [0.717, 1.165) is 31.6 Å². The van der Waals surface area contributed by atoms with E-state index < -0.39 is 0 Å². The van der Waals surface area contributed by atoms with E-state index in [2.05, 4.69) is 53.2 Å². The predicted molar refractivity (Wildman–Crippen MR) is 105 cm³/mol. The normalized spacial score (nSPS) is 10.5. The van der Waals surface area contributed by atoms with Crippen LogP contribution >= 0.6 is 0 Å². The molecule has 0 unspecified atom stereocenters. The van der Waals surface area contributed by atoms with E-state index in [1.807, 2.05) is 18.2 Å². The lowest BCUT2D eigenvalue weighted by Gasteiger charge is -2.11. The molecule has 0 saturated carbocycles. The van der Waals surface area contributed by atoms with Gasteiger partial charge in [-0.15, -0.1) is 0 Å². The number of anilines is 1. The van der Waals surface area contributed by atoms with Gasteiger partial charge in [0.25, 0.3) is 0 Å².